The van der Waals surface area contributed by atoms with Crippen molar-refractivity contribution >= 4 is 0 Å². The minimum atomic E-state index is 0.362. The quantitative estimate of drug-likeness (QED) is 0.756. The molecule has 0 fully saturated rings. The zero-order chi connectivity index (χ0) is 15.8. The fourth-order valence-electron chi connectivity index (χ4n) is 2.81. The van der Waals surface area contributed by atoms with Gasteiger partial charge in [0.15, 0.2) is 0 Å². The van der Waals surface area contributed by atoms with Crippen molar-refractivity contribution < 1.29 is 4.74 Å². The Balaban J connectivity index is 2.81. The van der Waals surface area contributed by atoms with Crippen LogP contribution in [0.25, 0.3) is 0 Å². The molecule has 0 spiro atoms. The average molecular weight is 292 g/mol. The van der Waals surface area contributed by atoms with Gasteiger partial charge in [0.1, 0.15) is 0 Å². The smallest absolute Gasteiger partial charge is 0.0589 e. The summed E-state index contributed by atoms with van der Waals surface area (Å²) in [7, 11) is 3.82. The number of nitrogens with zero attached hydrogens (tertiary/aromatic N) is 1. The van der Waals surface area contributed by atoms with Gasteiger partial charge < -0.3 is 10.1 Å². The van der Waals surface area contributed by atoms with E-state index in [1.54, 1.807) is 7.11 Å². The molecular formula is C18H32N2O. The molecule has 0 amide bonds. The molecule has 0 aliphatic heterocycles. The molecule has 1 N–H and O–H groups in total. The predicted octanol–water partition coefficient (Wildman–Crippen LogP) is 3.17. The lowest BCUT2D eigenvalue weighted by molar-refractivity contribution is 0.133. The summed E-state index contributed by atoms with van der Waals surface area (Å²) in [6, 6.07) is 7.09. The number of nitrogens with one attached hydrogen (secondary N) is 1. The fourth-order valence-corrected chi connectivity index (χ4v) is 2.81. The molecule has 0 aromatic heterocycles. The van der Waals surface area contributed by atoms with Gasteiger partial charge >= 0.3 is 0 Å². The Labute approximate surface area is 130 Å². The van der Waals surface area contributed by atoms with E-state index in [1.807, 2.05) is 7.05 Å². The summed E-state index contributed by atoms with van der Waals surface area (Å²) in [6.45, 7) is 12.8. The summed E-state index contributed by atoms with van der Waals surface area (Å²) < 4.78 is 5.25. The van der Waals surface area contributed by atoms with Crippen molar-refractivity contribution in [2.75, 3.05) is 40.4 Å². The van der Waals surface area contributed by atoms with Crippen LogP contribution in [0.1, 0.15) is 36.6 Å². The summed E-state index contributed by atoms with van der Waals surface area (Å²) in [6.07, 6.45) is 0. The fraction of sp³-hybridized carbons (Fsp3) is 0.667. The molecule has 1 aromatic rings. The maximum Gasteiger partial charge on any atom is 0.0589 e. The highest BCUT2D eigenvalue weighted by molar-refractivity contribution is 5.33. The highest BCUT2D eigenvalue weighted by Crippen LogP contribution is 2.20. The van der Waals surface area contributed by atoms with Gasteiger partial charge in [0, 0.05) is 32.8 Å². The zero-order valence-corrected chi connectivity index (χ0v) is 14.6. The molecule has 3 nitrogen and oxygen atoms in total. The maximum absolute atomic E-state index is 5.25. The lowest BCUT2D eigenvalue weighted by Crippen LogP contribution is -2.38. The highest BCUT2D eigenvalue weighted by Gasteiger charge is 2.17. The Hall–Kier alpha value is -0.900. The van der Waals surface area contributed by atoms with Crippen LogP contribution in [0.15, 0.2) is 18.2 Å². The van der Waals surface area contributed by atoms with Crippen molar-refractivity contribution in [2.24, 2.45) is 5.92 Å². The molecule has 0 radical (unpaired) electrons. The van der Waals surface area contributed by atoms with Crippen LogP contribution in [-0.2, 0) is 4.74 Å². The Morgan fingerprint density at radius 3 is 2.43 bits per heavy atom. The Morgan fingerprint density at radius 1 is 1.19 bits per heavy atom. The first-order valence-electron chi connectivity index (χ1n) is 7.93. The van der Waals surface area contributed by atoms with Gasteiger partial charge in [0.25, 0.3) is 0 Å². The molecule has 0 heterocycles. The predicted molar refractivity (Wildman–Crippen MR) is 90.9 cm³/mol. The summed E-state index contributed by atoms with van der Waals surface area (Å²) in [5, 5.41) is 3.48. The van der Waals surface area contributed by atoms with E-state index in [1.165, 1.54) is 16.7 Å². The zero-order valence-electron chi connectivity index (χ0n) is 14.6. The van der Waals surface area contributed by atoms with Crippen LogP contribution in [0.5, 0.6) is 0 Å². The number of ether oxygens (including phenoxy) is 1. The topological polar surface area (TPSA) is 24.5 Å². The number of methoxy groups -OCH3 is 1. The van der Waals surface area contributed by atoms with Gasteiger partial charge in [-0.2, -0.15) is 0 Å². The SMILES string of the molecule is CNC(CN(CCOC)CC(C)C)c1ccc(C)cc1C. The average Bonchev–Trinajstić information content (AvgIpc) is 2.42. The number of rotatable bonds is 9. The molecule has 3 heteroatoms. The van der Waals surface area contributed by atoms with E-state index in [9.17, 15) is 0 Å². The molecule has 0 saturated heterocycles. The summed E-state index contributed by atoms with van der Waals surface area (Å²) in [4.78, 5) is 2.49. The molecule has 1 unspecified atom stereocenters. The summed E-state index contributed by atoms with van der Waals surface area (Å²) in [5.41, 5.74) is 4.09. The first-order valence-corrected chi connectivity index (χ1v) is 7.93. The van der Waals surface area contributed by atoms with Crippen LogP contribution in [0.4, 0.5) is 0 Å². The van der Waals surface area contributed by atoms with Gasteiger partial charge in [-0.1, -0.05) is 37.6 Å². The minimum Gasteiger partial charge on any atom is -0.383 e. The molecule has 0 bridgehead atoms. The van der Waals surface area contributed by atoms with Crippen molar-refractivity contribution in [2.45, 2.75) is 33.7 Å². The van der Waals surface area contributed by atoms with Crippen LogP contribution >= 0.6 is 0 Å². The molecule has 1 aromatic carbocycles. The van der Waals surface area contributed by atoms with Crippen molar-refractivity contribution in [1.82, 2.24) is 10.2 Å². The Kier molecular flexibility index (Phi) is 7.94. The first kappa shape index (κ1) is 18.1. The van der Waals surface area contributed by atoms with Crippen LogP contribution in [0, 0.1) is 19.8 Å². The Bertz CT molecular complexity index is 418. The molecule has 0 aliphatic carbocycles. The van der Waals surface area contributed by atoms with E-state index in [4.69, 9.17) is 4.74 Å². The molecule has 0 aliphatic rings. The second-order valence-electron chi connectivity index (χ2n) is 6.35. The molecule has 21 heavy (non-hydrogen) atoms. The lowest BCUT2D eigenvalue weighted by Gasteiger charge is -2.29. The van der Waals surface area contributed by atoms with Gasteiger partial charge in [0.2, 0.25) is 0 Å². The molecule has 0 saturated carbocycles. The van der Waals surface area contributed by atoms with Crippen LogP contribution in [0.2, 0.25) is 0 Å². The van der Waals surface area contributed by atoms with Crippen LogP contribution < -0.4 is 5.32 Å². The van der Waals surface area contributed by atoms with Crippen molar-refractivity contribution in [3.8, 4) is 0 Å². The second-order valence-corrected chi connectivity index (χ2v) is 6.35. The number of aryl methyl sites for hydroxylation is 2. The van der Waals surface area contributed by atoms with Crippen molar-refractivity contribution in [3.63, 3.8) is 0 Å². The van der Waals surface area contributed by atoms with Gasteiger partial charge in [-0.25, -0.2) is 0 Å². The maximum atomic E-state index is 5.25. The first-order chi connectivity index (χ1) is 9.97. The molecule has 1 atom stereocenters. The summed E-state index contributed by atoms with van der Waals surface area (Å²) in [5.74, 6) is 0.665. The van der Waals surface area contributed by atoms with E-state index >= 15 is 0 Å². The van der Waals surface area contributed by atoms with Gasteiger partial charge in [-0.15, -0.1) is 0 Å². The molecule has 120 valence electrons. The lowest BCUT2D eigenvalue weighted by atomic mass is 9.98. The van der Waals surface area contributed by atoms with Crippen LogP contribution in [0.3, 0.4) is 0 Å². The summed E-state index contributed by atoms with van der Waals surface area (Å²) >= 11 is 0. The minimum absolute atomic E-state index is 0.362. The van der Waals surface area contributed by atoms with E-state index in [0.717, 1.165) is 26.2 Å². The number of hydrogen-bond acceptors (Lipinski definition) is 3. The monoisotopic (exact) mass is 292 g/mol. The van der Waals surface area contributed by atoms with Gasteiger partial charge in [0.05, 0.1) is 6.61 Å². The van der Waals surface area contributed by atoms with E-state index in [0.29, 0.717) is 12.0 Å². The number of hydrogen-bond donors (Lipinski definition) is 1. The van der Waals surface area contributed by atoms with Crippen LogP contribution in [-0.4, -0.2) is 45.3 Å². The highest BCUT2D eigenvalue weighted by atomic mass is 16.5. The standard InChI is InChI=1S/C18H32N2O/c1-14(2)12-20(9-10-21-6)13-18(19-5)17-8-7-15(3)11-16(17)4/h7-8,11,14,18-19H,9-10,12-13H2,1-6H3. The Morgan fingerprint density at radius 2 is 1.90 bits per heavy atom. The van der Waals surface area contributed by atoms with E-state index < -0.39 is 0 Å². The number of likely N-dealkylation sites (N-methyl/N-ethyl adjacent to an activating group) is 1. The second kappa shape index (κ2) is 9.19. The third kappa shape index (κ3) is 6.16. The number of benzene rings is 1. The molecule has 1 rings (SSSR count). The van der Waals surface area contributed by atoms with Crippen molar-refractivity contribution in [1.29, 1.82) is 0 Å². The van der Waals surface area contributed by atoms with Gasteiger partial charge in [-0.3, -0.25) is 4.90 Å². The molecular weight excluding hydrogens is 260 g/mol. The van der Waals surface area contributed by atoms with E-state index in [2.05, 4.69) is 56.1 Å². The normalized spacial score (nSPS) is 13.1. The van der Waals surface area contributed by atoms with Crippen molar-refractivity contribution in [3.05, 3.63) is 34.9 Å². The third-order valence-electron chi connectivity index (χ3n) is 3.82. The largest absolute Gasteiger partial charge is 0.383 e. The van der Waals surface area contributed by atoms with E-state index in [-0.39, 0.29) is 0 Å². The third-order valence-corrected chi connectivity index (χ3v) is 3.82. The van der Waals surface area contributed by atoms with Gasteiger partial charge in [-0.05, 0) is 37.9 Å².